The van der Waals surface area contributed by atoms with E-state index in [2.05, 4.69) is 4.98 Å². The molecule has 0 spiro atoms. The maximum atomic E-state index is 12.9. The summed E-state index contributed by atoms with van der Waals surface area (Å²) < 4.78 is 52.1. The Bertz CT molecular complexity index is 1730. The first-order valence-electron chi connectivity index (χ1n) is 11.6. The Morgan fingerprint density at radius 1 is 1.03 bits per heavy atom. The number of aryl methyl sites for hydroxylation is 2. The molecule has 0 aliphatic carbocycles. The zero-order chi connectivity index (χ0) is 27.8. The summed E-state index contributed by atoms with van der Waals surface area (Å²) in [6, 6.07) is 16.1. The number of aromatic nitrogens is 2. The van der Waals surface area contributed by atoms with Crippen LogP contribution in [0.2, 0.25) is 5.02 Å². The van der Waals surface area contributed by atoms with E-state index in [0.717, 1.165) is 17.5 Å². The molecule has 1 heterocycles. The summed E-state index contributed by atoms with van der Waals surface area (Å²) in [6.07, 6.45) is -0.0113. The van der Waals surface area contributed by atoms with Crippen molar-refractivity contribution in [3.63, 3.8) is 0 Å². The number of sulfone groups is 1. The molecule has 4 aromatic rings. The summed E-state index contributed by atoms with van der Waals surface area (Å²) >= 11 is 6.28. The number of sulfonamides is 1. The molecule has 12 heteroatoms. The molecule has 200 valence electrons. The molecule has 0 atom stereocenters. The molecule has 0 aliphatic heterocycles. The molecule has 4 rings (SSSR count). The Balaban J connectivity index is 1.62. The third-order valence-corrected chi connectivity index (χ3v) is 9.45. The van der Waals surface area contributed by atoms with Gasteiger partial charge in [0.25, 0.3) is 10.0 Å². The lowest BCUT2D eigenvalue weighted by molar-refractivity contribution is -0.259. The number of rotatable bonds is 8. The van der Waals surface area contributed by atoms with Gasteiger partial charge in [-0.1, -0.05) is 48.4 Å². The molecule has 38 heavy (non-hydrogen) atoms. The highest BCUT2D eigenvalue weighted by Crippen LogP contribution is 2.30. The molecule has 1 amide bonds. The van der Waals surface area contributed by atoms with Crippen LogP contribution in [0.5, 0.6) is 0 Å². The first-order chi connectivity index (χ1) is 17.8. The molecule has 0 bridgehead atoms. The van der Waals surface area contributed by atoms with Crippen molar-refractivity contribution in [1.82, 2.24) is 13.9 Å². The lowest BCUT2D eigenvalue weighted by Crippen LogP contribution is -2.45. The van der Waals surface area contributed by atoms with E-state index in [1.54, 1.807) is 49.4 Å². The highest BCUT2D eigenvalue weighted by Gasteiger charge is 2.24. The quantitative estimate of drug-likeness (QED) is 0.315. The van der Waals surface area contributed by atoms with Gasteiger partial charge in [0.2, 0.25) is 0 Å². The Hall–Kier alpha value is -3.41. The topological polar surface area (TPSA) is 129 Å². The molecule has 0 N–H and O–H groups in total. The highest BCUT2D eigenvalue weighted by molar-refractivity contribution is 7.90. The van der Waals surface area contributed by atoms with Gasteiger partial charge in [-0.05, 0) is 55.3 Å². The zero-order valence-electron chi connectivity index (χ0n) is 20.9. The van der Waals surface area contributed by atoms with Crippen LogP contribution in [0, 0.1) is 6.92 Å². The number of halogens is 1. The number of carbonyl (C=O) groups excluding carboxylic acids is 1. The molecular weight excluding hydrogens is 550 g/mol. The van der Waals surface area contributed by atoms with Crippen LogP contribution in [0.15, 0.2) is 70.5 Å². The fraction of sp³-hybridized carbons (Fsp3) is 0.231. The molecule has 0 saturated carbocycles. The first-order valence-corrected chi connectivity index (χ1v) is 15.3. The van der Waals surface area contributed by atoms with Gasteiger partial charge in [0.1, 0.15) is 5.82 Å². The van der Waals surface area contributed by atoms with E-state index in [1.807, 2.05) is 11.5 Å². The number of amides is 1. The second-order valence-electron chi connectivity index (χ2n) is 8.83. The summed E-state index contributed by atoms with van der Waals surface area (Å²) in [5.41, 5.74) is 3.42. The number of hydrogen-bond donors (Lipinski definition) is 0. The Morgan fingerprint density at radius 3 is 2.21 bits per heavy atom. The van der Waals surface area contributed by atoms with E-state index in [9.17, 15) is 26.7 Å². The van der Waals surface area contributed by atoms with Crippen LogP contribution >= 0.6 is 11.6 Å². The SMILES string of the molecule is CCc1nc2cc(S(C)(=O)=O)c(Cl)cc2n1-c1ccc(CCN(C(=O)[O-])S(=O)(=O)c2ccc(C)cc2)cc1. The lowest BCUT2D eigenvalue weighted by atomic mass is 10.1. The number of carbonyl (C=O) groups is 1. The van der Waals surface area contributed by atoms with Crippen molar-refractivity contribution in [1.29, 1.82) is 0 Å². The molecule has 0 saturated heterocycles. The average Bonchev–Trinajstić information content (AvgIpc) is 3.21. The number of benzene rings is 3. The van der Waals surface area contributed by atoms with E-state index in [0.29, 0.717) is 33.1 Å². The van der Waals surface area contributed by atoms with Gasteiger partial charge in [-0.2, -0.15) is 0 Å². The number of fused-ring (bicyclic) bond motifs is 1. The normalized spacial score (nSPS) is 12.1. The van der Waals surface area contributed by atoms with Crippen molar-refractivity contribution < 1.29 is 26.7 Å². The predicted octanol–water partition coefficient (Wildman–Crippen LogP) is 3.53. The minimum atomic E-state index is -4.28. The first kappa shape index (κ1) is 27.6. The minimum Gasteiger partial charge on any atom is -0.529 e. The van der Waals surface area contributed by atoms with E-state index in [1.165, 1.54) is 18.2 Å². The van der Waals surface area contributed by atoms with Crippen LogP contribution in [0.1, 0.15) is 23.9 Å². The monoisotopic (exact) mass is 574 g/mol. The standard InChI is InChI=1S/C26H26ClN3O6S2/c1-4-25-28-22-16-24(37(3,33)34)21(27)15-23(22)30(25)19-9-7-18(8-10-19)13-14-29(26(31)32)38(35,36)20-11-5-17(2)6-12-20/h5-12,15-16H,4,13-14H2,1-3H3,(H,31,32)/p-1. The van der Waals surface area contributed by atoms with Crippen LogP contribution < -0.4 is 5.11 Å². The van der Waals surface area contributed by atoms with Crippen LogP contribution in [0.25, 0.3) is 16.7 Å². The maximum absolute atomic E-state index is 12.9. The molecular formula is C26H25ClN3O6S2-. The highest BCUT2D eigenvalue weighted by atomic mass is 35.5. The van der Waals surface area contributed by atoms with Crippen LogP contribution in [-0.2, 0) is 32.7 Å². The van der Waals surface area contributed by atoms with Gasteiger partial charge in [-0.25, -0.2) is 21.8 Å². The molecule has 9 nitrogen and oxygen atoms in total. The van der Waals surface area contributed by atoms with Gasteiger partial charge >= 0.3 is 0 Å². The summed E-state index contributed by atoms with van der Waals surface area (Å²) in [5.74, 6) is 0.696. The molecule has 0 fully saturated rings. The van der Waals surface area contributed by atoms with Crippen LogP contribution in [0.3, 0.4) is 0 Å². The third kappa shape index (κ3) is 5.40. The van der Waals surface area contributed by atoms with E-state index >= 15 is 0 Å². The third-order valence-electron chi connectivity index (χ3n) is 6.10. The van der Waals surface area contributed by atoms with Crippen molar-refractivity contribution >= 4 is 48.6 Å². The Morgan fingerprint density at radius 2 is 1.66 bits per heavy atom. The second kappa shape index (κ2) is 10.4. The second-order valence-corrected chi connectivity index (χ2v) is 13.1. The van der Waals surface area contributed by atoms with Crippen molar-refractivity contribution in [2.24, 2.45) is 0 Å². The fourth-order valence-electron chi connectivity index (χ4n) is 4.13. The van der Waals surface area contributed by atoms with Gasteiger partial charge in [-0.3, -0.25) is 8.87 Å². The number of hydrogen-bond acceptors (Lipinski definition) is 7. The minimum absolute atomic E-state index is 0.00683. The Labute approximate surface area is 226 Å². The van der Waals surface area contributed by atoms with Crippen molar-refractivity contribution in [3.05, 3.63) is 82.6 Å². The molecule has 0 unspecified atom stereocenters. The summed E-state index contributed by atoms with van der Waals surface area (Å²) in [6.45, 7) is 3.41. The summed E-state index contributed by atoms with van der Waals surface area (Å²) in [5, 5.41) is 11.8. The largest absolute Gasteiger partial charge is 0.529 e. The predicted molar refractivity (Wildman–Crippen MR) is 143 cm³/mol. The lowest BCUT2D eigenvalue weighted by Gasteiger charge is -2.24. The average molecular weight is 575 g/mol. The van der Waals surface area contributed by atoms with Gasteiger partial charge in [0.15, 0.2) is 15.9 Å². The van der Waals surface area contributed by atoms with Crippen LogP contribution in [-0.4, -0.2) is 49.6 Å². The number of nitrogens with zero attached hydrogens (tertiary/aromatic N) is 3. The van der Waals surface area contributed by atoms with Gasteiger partial charge in [0, 0.05) is 24.9 Å². The molecule has 0 aliphatic rings. The smallest absolute Gasteiger partial charge is 0.265 e. The number of imidazole rings is 1. The van der Waals surface area contributed by atoms with Crippen molar-refractivity contribution in [2.45, 2.75) is 36.5 Å². The van der Waals surface area contributed by atoms with Gasteiger partial charge in [0.05, 0.1) is 25.8 Å². The summed E-state index contributed by atoms with van der Waals surface area (Å²) in [7, 11) is -7.81. The number of carboxylic acid groups (broad SMARTS) is 1. The van der Waals surface area contributed by atoms with Crippen molar-refractivity contribution in [3.8, 4) is 5.69 Å². The molecule has 3 aromatic carbocycles. The molecule has 0 radical (unpaired) electrons. The Kier molecular flexibility index (Phi) is 7.55. The van der Waals surface area contributed by atoms with E-state index in [4.69, 9.17) is 11.6 Å². The van der Waals surface area contributed by atoms with Crippen LogP contribution in [0.4, 0.5) is 4.79 Å². The van der Waals surface area contributed by atoms with Gasteiger partial charge < -0.3 is 9.90 Å². The van der Waals surface area contributed by atoms with E-state index < -0.39 is 26.0 Å². The van der Waals surface area contributed by atoms with Crippen molar-refractivity contribution in [2.75, 3.05) is 12.8 Å². The van der Waals surface area contributed by atoms with E-state index in [-0.39, 0.29) is 27.8 Å². The summed E-state index contributed by atoms with van der Waals surface area (Å²) in [4.78, 5) is 16.2. The zero-order valence-corrected chi connectivity index (χ0v) is 23.3. The van der Waals surface area contributed by atoms with Gasteiger partial charge in [-0.15, -0.1) is 0 Å². The maximum Gasteiger partial charge on any atom is 0.265 e. The fourth-order valence-corrected chi connectivity index (χ4v) is 6.71. The molecule has 1 aromatic heterocycles.